The van der Waals surface area contributed by atoms with Crippen LogP contribution in [0.2, 0.25) is 0 Å². The number of likely N-dealkylation sites (tertiary alicyclic amines) is 1. The minimum absolute atomic E-state index is 0.101. The van der Waals surface area contributed by atoms with Gasteiger partial charge in [0.25, 0.3) is 0 Å². The van der Waals surface area contributed by atoms with E-state index in [1.165, 1.54) is 0 Å². The van der Waals surface area contributed by atoms with Crippen molar-refractivity contribution in [3.63, 3.8) is 0 Å². The van der Waals surface area contributed by atoms with E-state index in [2.05, 4.69) is 5.32 Å². The molecule has 0 aromatic rings. The highest BCUT2D eigenvalue weighted by atomic mass is 16.6. The lowest BCUT2D eigenvalue weighted by atomic mass is 10.1. The van der Waals surface area contributed by atoms with Crippen LogP contribution in [0.3, 0.4) is 0 Å². The van der Waals surface area contributed by atoms with Crippen molar-refractivity contribution >= 4 is 35.9 Å². The van der Waals surface area contributed by atoms with E-state index >= 15 is 0 Å². The third-order valence-electron chi connectivity index (χ3n) is 4.56. The van der Waals surface area contributed by atoms with Crippen LogP contribution in [0.1, 0.15) is 68.7 Å². The van der Waals surface area contributed by atoms with Gasteiger partial charge in [0, 0.05) is 12.2 Å². The van der Waals surface area contributed by atoms with Gasteiger partial charge in [-0.25, -0.2) is 19.3 Å². The van der Waals surface area contributed by atoms with Gasteiger partial charge in [-0.05, 0) is 68.7 Å². The predicted octanol–water partition coefficient (Wildman–Crippen LogP) is 2.23. The smallest absolute Gasteiger partial charge is 0.419 e. The van der Waals surface area contributed by atoms with Crippen molar-refractivity contribution in [1.82, 2.24) is 15.1 Å². The zero-order chi connectivity index (χ0) is 29.6. The SMILES string of the molecule is CC(C)(C)OC(=O)CN1C(=O)[C@H](NC(=O)/C=C/C(=O)O)C[C@H]1CN(C(=O)OC(C)(C)C)C(=O)OC(C)(C)C. The Hall–Kier alpha value is -3.64. The maximum atomic E-state index is 13.2. The van der Waals surface area contributed by atoms with E-state index in [9.17, 15) is 28.8 Å². The average Bonchev–Trinajstić information content (AvgIpc) is 2.94. The number of carboxylic acids is 1. The van der Waals surface area contributed by atoms with Crippen LogP contribution in [0.4, 0.5) is 9.59 Å². The number of rotatable bonds is 7. The standard InChI is InChI=1S/C25H39N3O10/c1-23(2,3)36-19(32)14-27-15(12-16(20(27)33)26-17(29)10-11-18(30)31)13-28(21(34)37-24(4,5)6)22(35)38-25(7,8)9/h10-11,15-16H,12-14H2,1-9H3,(H,26,29)(H,30,31)/b11-10+/t15-,16+/m0/s1. The van der Waals surface area contributed by atoms with E-state index in [1.807, 2.05) is 0 Å². The van der Waals surface area contributed by atoms with E-state index in [-0.39, 0.29) is 6.42 Å². The second-order valence-corrected chi connectivity index (χ2v) is 11.7. The summed E-state index contributed by atoms with van der Waals surface area (Å²) < 4.78 is 16.0. The predicted molar refractivity (Wildman–Crippen MR) is 134 cm³/mol. The fourth-order valence-electron chi connectivity index (χ4n) is 3.33. The van der Waals surface area contributed by atoms with Gasteiger partial charge in [0.2, 0.25) is 11.8 Å². The Morgan fingerprint density at radius 1 is 0.895 bits per heavy atom. The molecule has 0 unspecified atom stereocenters. The summed E-state index contributed by atoms with van der Waals surface area (Å²) in [5.74, 6) is -3.62. The highest BCUT2D eigenvalue weighted by Crippen LogP contribution is 2.24. The van der Waals surface area contributed by atoms with Crippen LogP contribution >= 0.6 is 0 Å². The van der Waals surface area contributed by atoms with Gasteiger partial charge in [0.05, 0.1) is 12.6 Å². The molecule has 214 valence electrons. The molecule has 0 radical (unpaired) electrons. The molecule has 1 rings (SSSR count). The zero-order valence-corrected chi connectivity index (χ0v) is 23.4. The Morgan fingerprint density at radius 2 is 1.37 bits per heavy atom. The lowest BCUT2D eigenvalue weighted by Gasteiger charge is -2.32. The molecule has 0 saturated carbocycles. The molecule has 38 heavy (non-hydrogen) atoms. The normalized spacial score (nSPS) is 18.2. The van der Waals surface area contributed by atoms with E-state index in [4.69, 9.17) is 19.3 Å². The first-order chi connectivity index (χ1) is 17.1. The molecule has 1 aliphatic rings. The summed E-state index contributed by atoms with van der Waals surface area (Å²) >= 11 is 0. The second kappa shape index (κ2) is 12.3. The molecule has 13 nitrogen and oxygen atoms in total. The number of nitrogens with zero attached hydrogens (tertiary/aromatic N) is 2. The Labute approximate surface area is 222 Å². The molecule has 2 atom stereocenters. The molecule has 1 aliphatic heterocycles. The number of hydrogen-bond acceptors (Lipinski definition) is 9. The van der Waals surface area contributed by atoms with E-state index in [0.717, 1.165) is 11.0 Å². The van der Waals surface area contributed by atoms with Crippen molar-refractivity contribution in [2.75, 3.05) is 13.1 Å². The molecule has 13 heteroatoms. The summed E-state index contributed by atoms with van der Waals surface area (Å²) in [5, 5.41) is 11.1. The first-order valence-corrected chi connectivity index (χ1v) is 12.1. The molecule has 0 aromatic carbocycles. The molecule has 2 N–H and O–H groups in total. The number of nitrogens with one attached hydrogen (secondary N) is 1. The van der Waals surface area contributed by atoms with Gasteiger partial charge in [-0.1, -0.05) is 0 Å². The summed E-state index contributed by atoms with van der Waals surface area (Å²) in [6.07, 6.45) is -0.788. The van der Waals surface area contributed by atoms with Crippen LogP contribution in [-0.2, 0) is 33.4 Å². The fourth-order valence-corrected chi connectivity index (χ4v) is 3.33. The highest BCUT2D eigenvalue weighted by Gasteiger charge is 2.44. The molecule has 0 spiro atoms. The van der Waals surface area contributed by atoms with Crippen molar-refractivity contribution in [2.45, 2.75) is 97.6 Å². The van der Waals surface area contributed by atoms with Crippen molar-refractivity contribution in [2.24, 2.45) is 0 Å². The lowest BCUT2D eigenvalue weighted by molar-refractivity contribution is -0.159. The summed E-state index contributed by atoms with van der Waals surface area (Å²) in [6.45, 7) is 13.7. The molecule has 1 heterocycles. The molecule has 0 bridgehead atoms. The number of carbonyl (C=O) groups is 6. The van der Waals surface area contributed by atoms with Crippen LogP contribution in [0.5, 0.6) is 0 Å². The minimum atomic E-state index is -1.35. The maximum absolute atomic E-state index is 13.2. The molecular weight excluding hydrogens is 502 g/mol. The van der Waals surface area contributed by atoms with Crippen LogP contribution in [0.15, 0.2) is 12.2 Å². The molecule has 1 fully saturated rings. The monoisotopic (exact) mass is 541 g/mol. The average molecular weight is 542 g/mol. The first kappa shape index (κ1) is 32.4. The van der Waals surface area contributed by atoms with Gasteiger partial charge >= 0.3 is 24.1 Å². The van der Waals surface area contributed by atoms with Crippen molar-refractivity contribution in [1.29, 1.82) is 0 Å². The summed E-state index contributed by atoms with van der Waals surface area (Å²) in [5.41, 5.74) is -2.75. The Bertz CT molecular complexity index is 941. The van der Waals surface area contributed by atoms with E-state index < -0.39 is 77.9 Å². The number of amides is 4. The van der Waals surface area contributed by atoms with Gasteiger partial charge in [-0.15, -0.1) is 0 Å². The van der Waals surface area contributed by atoms with Crippen LogP contribution < -0.4 is 5.32 Å². The molecular formula is C25H39N3O10. The summed E-state index contributed by atoms with van der Waals surface area (Å²) in [4.78, 5) is 76.3. The van der Waals surface area contributed by atoms with Crippen LogP contribution in [0, 0.1) is 0 Å². The van der Waals surface area contributed by atoms with Crippen LogP contribution in [-0.4, -0.2) is 92.8 Å². The topological polar surface area (TPSA) is 169 Å². The van der Waals surface area contributed by atoms with E-state index in [0.29, 0.717) is 11.0 Å². The third-order valence-corrected chi connectivity index (χ3v) is 4.56. The number of imide groups is 1. The fraction of sp³-hybridized carbons (Fsp3) is 0.680. The number of aliphatic carboxylic acids is 1. The zero-order valence-electron chi connectivity index (χ0n) is 23.4. The summed E-state index contributed by atoms with van der Waals surface area (Å²) in [7, 11) is 0. The van der Waals surface area contributed by atoms with Gasteiger partial charge < -0.3 is 29.5 Å². The number of carbonyl (C=O) groups excluding carboxylic acids is 5. The van der Waals surface area contributed by atoms with Gasteiger partial charge in [-0.3, -0.25) is 14.4 Å². The van der Waals surface area contributed by atoms with E-state index in [1.54, 1.807) is 62.3 Å². The molecule has 0 aliphatic carbocycles. The second-order valence-electron chi connectivity index (χ2n) is 11.7. The van der Waals surface area contributed by atoms with Crippen molar-refractivity contribution < 1.29 is 48.1 Å². The first-order valence-electron chi connectivity index (χ1n) is 12.1. The van der Waals surface area contributed by atoms with Gasteiger partial charge in [0.15, 0.2) is 0 Å². The lowest BCUT2D eigenvalue weighted by Crippen LogP contribution is -2.51. The summed E-state index contributed by atoms with van der Waals surface area (Å²) in [6, 6.07) is -2.09. The van der Waals surface area contributed by atoms with Crippen LogP contribution in [0.25, 0.3) is 0 Å². The van der Waals surface area contributed by atoms with Gasteiger partial charge in [0.1, 0.15) is 29.4 Å². The Morgan fingerprint density at radius 3 is 1.79 bits per heavy atom. The third kappa shape index (κ3) is 11.6. The number of esters is 1. The Kier molecular flexibility index (Phi) is 10.5. The highest BCUT2D eigenvalue weighted by molar-refractivity contribution is 5.98. The largest absolute Gasteiger partial charge is 0.478 e. The Balaban J connectivity index is 3.31. The quantitative estimate of drug-likeness (QED) is 0.277. The minimum Gasteiger partial charge on any atom is -0.478 e. The number of hydrogen-bond donors (Lipinski definition) is 2. The van der Waals surface area contributed by atoms with Gasteiger partial charge in [-0.2, -0.15) is 0 Å². The molecule has 4 amide bonds. The number of carboxylic acid groups (broad SMARTS) is 1. The number of ether oxygens (including phenoxy) is 3. The molecule has 1 saturated heterocycles. The molecule has 0 aromatic heterocycles. The van der Waals surface area contributed by atoms with Crippen molar-refractivity contribution in [3.8, 4) is 0 Å². The van der Waals surface area contributed by atoms with Crippen molar-refractivity contribution in [3.05, 3.63) is 12.2 Å². The maximum Gasteiger partial charge on any atom is 0.419 e.